The Bertz CT molecular complexity index is 447. The average Bonchev–Trinajstić information content (AvgIpc) is 2.75. The van der Waals surface area contributed by atoms with E-state index in [1.54, 1.807) is 6.20 Å². The lowest BCUT2D eigenvalue weighted by Crippen LogP contribution is -2.21. The molecule has 0 aliphatic rings. The van der Waals surface area contributed by atoms with Crippen LogP contribution in [0.2, 0.25) is 0 Å². The number of imidazole rings is 1. The van der Waals surface area contributed by atoms with E-state index in [1.807, 2.05) is 18.5 Å². The number of aromatic nitrogens is 3. The van der Waals surface area contributed by atoms with Crippen molar-refractivity contribution >= 4 is 0 Å². The molecule has 0 amide bonds. The molecular formula is C13H18N4. The molecule has 0 aliphatic heterocycles. The summed E-state index contributed by atoms with van der Waals surface area (Å²) < 4.78 is 0. The van der Waals surface area contributed by atoms with Crippen LogP contribution in [0, 0.1) is 0 Å². The van der Waals surface area contributed by atoms with Crippen molar-refractivity contribution in [2.45, 2.75) is 32.9 Å². The molecule has 0 aliphatic carbocycles. The van der Waals surface area contributed by atoms with Gasteiger partial charge < -0.3 is 10.3 Å². The molecule has 2 aromatic heterocycles. The van der Waals surface area contributed by atoms with Gasteiger partial charge in [0.25, 0.3) is 0 Å². The molecule has 0 radical (unpaired) electrons. The van der Waals surface area contributed by atoms with Crippen LogP contribution in [0.4, 0.5) is 0 Å². The van der Waals surface area contributed by atoms with Crippen molar-refractivity contribution in [1.82, 2.24) is 20.3 Å². The van der Waals surface area contributed by atoms with Crippen molar-refractivity contribution in [3.63, 3.8) is 0 Å². The Balaban J connectivity index is 1.94. The molecule has 2 N–H and O–H groups in total. The van der Waals surface area contributed by atoms with Gasteiger partial charge in [-0.1, -0.05) is 19.9 Å². The van der Waals surface area contributed by atoms with Gasteiger partial charge in [-0.15, -0.1) is 0 Å². The molecule has 0 unspecified atom stereocenters. The lowest BCUT2D eigenvalue weighted by molar-refractivity contribution is 0.582. The molecule has 2 heterocycles. The normalized spacial score (nSPS) is 11.0. The van der Waals surface area contributed by atoms with Gasteiger partial charge >= 0.3 is 0 Å². The molecule has 90 valence electrons. The van der Waals surface area contributed by atoms with E-state index in [2.05, 4.69) is 40.2 Å². The van der Waals surface area contributed by atoms with E-state index in [1.165, 1.54) is 5.56 Å². The number of H-pyrrole nitrogens is 1. The molecule has 0 spiro atoms. The first kappa shape index (κ1) is 11.8. The number of pyridine rings is 1. The van der Waals surface area contributed by atoms with Crippen LogP contribution < -0.4 is 5.32 Å². The summed E-state index contributed by atoms with van der Waals surface area (Å²) in [5.41, 5.74) is 2.29. The van der Waals surface area contributed by atoms with Crippen molar-refractivity contribution in [2.75, 3.05) is 0 Å². The Morgan fingerprint density at radius 2 is 2.24 bits per heavy atom. The molecule has 0 saturated carbocycles. The van der Waals surface area contributed by atoms with Crippen LogP contribution in [0.15, 0.2) is 30.7 Å². The van der Waals surface area contributed by atoms with E-state index in [9.17, 15) is 0 Å². The Hall–Kier alpha value is -1.68. The Labute approximate surface area is 102 Å². The van der Waals surface area contributed by atoms with Gasteiger partial charge in [0.2, 0.25) is 0 Å². The summed E-state index contributed by atoms with van der Waals surface area (Å²) in [6, 6.07) is 4.49. The second kappa shape index (κ2) is 5.59. The summed E-state index contributed by atoms with van der Waals surface area (Å²) in [6.07, 6.45) is 6.34. The lowest BCUT2D eigenvalue weighted by atomic mass is 10.2. The van der Waals surface area contributed by atoms with Crippen molar-refractivity contribution in [3.8, 4) is 0 Å². The van der Waals surface area contributed by atoms with E-state index < -0.39 is 0 Å². The first-order chi connectivity index (χ1) is 8.24. The van der Waals surface area contributed by atoms with Crippen LogP contribution in [0.3, 0.4) is 0 Å². The van der Waals surface area contributed by atoms with Gasteiger partial charge in [-0.05, 0) is 11.6 Å². The van der Waals surface area contributed by atoms with Crippen LogP contribution >= 0.6 is 0 Å². The molecule has 0 bridgehead atoms. The minimum atomic E-state index is 0.486. The summed E-state index contributed by atoms with van der Waals surface area (Å²) in [5.74, 6) is 0.985. The van der Waals surface area contributed by atoms with Crippen LogP contribution in [0.25, 0.3) is 0 Å². The SMILES string of the molecule is CC(C)NCc1cnc(Cc2cccnc2)[nH]1. The molecule has 0 aromatic carbocycles. The highest BCUT2D eigenvalue weighted by Gasteiger charge is 2.02. The predicted molar refractivity (Wildman–Crippen MR) is 67.6 cm³/mol. The van der Waals surface area contributed by atoms with Crippen molar-refractivity contribution in [3.05, 3.63) is 47.8 Å². The first-order valence-electron chi connectivity index (χ1n) is 5.89. The highest BCUT2D eigenvalue weighted by Crippen LogP contribution is 2.05. The van der Waals surface area contributed by atoms with Crippen LogP contribution in [0.1, 0.15) is 30.9 Å². The van der Waals surface area contributed by atoms with E-state index in [0.29, 0.717) is 6.04 Å². The van der Waals surface area contributed by atoms with Gasteiger partial charge in [0.05, 0.1) is 0 Å². The van der Waals surface area contributed by atoms with Crippen molar-refractivity contribution < 1.29 is 0 Å². The molecule has 4 heteroatoms. The molecular weight excluding hydrogens is 212 g/mol. The van der Waals surface area contributed by atoms with E-state index >= 15 is 0 Å². The van der Waals surface area contributed by atoms with Crippen LogP contribution in [-0.2, 0) is 13.0 Å². The molecule has 4 nitrogen and oxygen atoms in total. The molecule has 2 aromatic rings. The zero-order chi connectivity index (χ0) is 12.1. The maximum absolute atomic E-state index is 4.37. The molecule has 0 saturated heterocycles. The van der Waals surface area contributed by atoms with Crippen molar-refractivity contribution in [2.24, 2.45) is 0 Å². The second-order valence-corrected chi connectivity index (χ2v) is 4.43. The number of nitrogens with one attached hydrogen (secondary N) is 2. The highest BCUT2D eigenvalue weighted by atomic mass is 15.0. The number of hydrogen-bond donors (Lipinski definition) is 2. The zero-order valence-corrected chi connectivity index (χ0v) is 10.3. The zero-order valence-electron chi connectivity index (χ0n) is 10.3. The Morgan fingerprint density at radius 1 is 1.35 bits per heavy atom. The third kappa shape index (κ3) is 3.67. The summed E-state index contributed by atoms with van der Waals surface area (Å²) in [5, 5.41) is 3.36. The topological polar surface area (TPSA) is 53.6 Å². The number of aromatic amines is 1. The standard InChI is InChI=1S/C13H18N4/c1-10(2)15-8-12-9-16-13(17-12)6-11-4-3-5-14-7-11/h3-5,7,9-10,15H,6,8H2,1-2H3,(H,16,17). The fourth-order valence-electron chi connectivity index (χ4n) is 1.60. The van der Waals surface area contributed by atoms with Crippen LogP contribution in [0.5, 0.6) is 0 Å². The minimum Gasteiger partial charge on any atom is -0.345 e. The summed E-state index contributed by atoms with van der Waals surface area (Å²) >= 11 is 0. The summed E-state index contributed by atoms with van der Waals surface area (Å²) in [4.78, 5) is 11.8. The number of nitrogens with zero attached hydrogens (tertiary/aromatic N) is 2. The van der Waals surface area contributed by atoms with Gasteiger partial charge in [0.15, 0.2) is 0 Å². The Kier molecular flexibility index (Phi) is 3.88. The van der Waals surface area contributed by atoms with E-state index in [0.717, 1.165) is 24.5 Å². The summed E-state index contributed by atoms with van der Waals surface area (Å²) in [6.45, 7) is 5.09. The molecule has 2 rings (SSSR count). The van der Waals surface area contributed by atoms with Gasteiger partial charge in [-0.25, -0.2) is 4.98 Å². The van der Waals surface area contributed by atoms with E-state index in [4.69, 9.17) is 0 Å². The third-order valence-electron chi connectivity index (χ3n) is 2.48. The third-order valence-corrected chi connectivity index (χ3v) is 2.48. The Morgan fingerprint density at radius 3 is 2.94 bits per heavy atom. The average molecular weight is 230 g/mol. The van der Waals surface area contributed by atoms with Crippen molar-refractivity contribution in [1.29, 1.82) is 0 Å². The number of hydrogen-bond acceptors (Lipinski definition) is 3. The van der Waals surface area contributed by atoms with Gasteiger partial charge in [-0.2, -0.15) is 0 Å². The second-order valence-electron chi connectivity index (χ2n) is 4.43. The smallest absolute Gasteiger partial charge is 0.110 e. The molecule has 0 atom stereocenters. The predicted octanol–water partition coefficient (Wildman–Crippen LogP) is 1.89. The minimum absolute atomic E-state index is 0.486. The van der Waals surface area contributed by atoms with E-state index in [-0.39, 0.29) is 0 Å². The first-order valence-corrected chi connectivity index (χ1v) is 5.89. The van der Waals surface area contributed by atoms with Gasteiger partial charge in [0.1, 0.15) is 5.82 Å². The lowest BCUT2D eigenvalue weighted by Gasteiger charge is -2.05. The fraction of sp³-hybridized carbons (Fsp3) is 0.385. The highest BCUT2D eigenvalue weighted by molar-refractivity contribution is 5.15. The molecule has 17 heavy (non-hydrogen) atoms. The summed E-state index contributed by atoms with van der Waals surface area (Å²) in [7, 11) is 0. The maximum Gasteiger partial charge on any atom is 0.110 e. The fourth-order valence-corrected chi connectivity index (χ4v) is 1.60. The monoisotopic (exact) mass is 230 g/mol. The quantitative estimate of drug-likeness (QED) is 0.824. The number of rotatable bonds is 5. The maximum atomic E-state index is 4.37. The largest absolute Gasteiger partial charge is 0.345 e. The van der Waals surface area contributed by atoms with Gasteiger partial charge in [0, 0.05) is 43.3 Å². The van der Waals surface area contributed by atoms with Gasteiger partial charge in [-0.3, -0.25) is 4.98 Å². The molecule has 0 fully saturated rings. The van der Waals surface area contributed by atoms with Crippen LogP contribution in [-0.4, -0.2) is 21.0 Å².